The van der Waals surface area contributed by atoms with Crippen molar-refractivity contribution < 1.29 is 13.9 Å². The zero-order chi connectivity index (χ0) is 16.2. The fourth-order valence-corrected chi connectivity index (χ4v) is 3.30. The van der Waals surface area contributed by atoms with Crippen molar-refractivity contribution in [2.24, 2.45) is 0 Å². The standard InChI is InChI=1S/C19H25NO3/c1-3-20(4-2)15-11-10-14-12-18(23-17(14)13-15)19(21)22-16-8-6-5-7-9-16/h10-13,16H,3-9H2,1-2H3. The summed E-state index contributed by atoms with van der Waals surface area (Å²) in [5.74, 6) is -0.0280. The van der Waals surface area contributed by atoms with Crippen molar-refractivity contribution in [2.45, 2.75) is 52.1 Å². The van der Waals surface area contributed by atoms with E-state index in [1.807, 2.05) is 12.1 Å². The minimum absolute atomic E-state index is 0.0516. The maximum absolute atomic E-state index is 12.3. The number of anilines is 1. The first-order valence-corrected chi connectivity index (χ1v) is 8.70. The molecule has 0 amide bonds. The van der Waals surface area contributed by atoms with Crippen LogP contribution in [0.4, 0.5) is 5.69 Å². The minimum Gasteiger partial charge on any atom is -0.457 e. The van der Waals surface area contributed by atoms with Crippen LogP contribution < -0.4 is 4.90 Å². The first kappa shape index (κ1) is 15.9. The smallest absolute Gasteiger partial charge is 0.374 e. The van der Waals surface area contributed by atoms with Gasteiger partial charge in [0.2, 0.25) is 5.76 Å². The van der Waals surface area contributed by atoms with Gasteiger partial charge in [-0.2, -0.15) is 0 Å². The van der Waals surface area contributed by atoms with Gasteiger partial charge in [0.15, 0.2) is 0 Å². The molecule has 4 nitrogen and oxygen atoms in total. The second kappa shape index (κ2) is 7.07. The fourth-order valence-electron chi connectivity index (χ4n) is 3.30. The van der Waals surface area contributed by atoms with Crippen LogP contribution in [0.15, 0.2) is 28.7 Å². The molecule has 23 heavy (non-hydrogen) atoms. The van der Waals surface area contributed by atoms with Gasteiger partial charge >= 0.3 is 5.97 Å². The van der Waals surface area contributed by atoms with Crippen molar-refractivity contribution in [2.75, 3.05) is 18.0 Å². The predicted molar refractivity (Wildman–Crippen MR) is 92.1 cm³/mol. The summed E-state index contributed by atoms with van der Waals surface area (Å²) in [5, 5.41) is 0.941. The van der Waals surface area contributed by atoms with Crippen LogP contribution in [0.5, 0.6) is 0 Å². The molecule has 0 radical (unpaired) electrons. The molecule has 1 aliphatic rings. The first-order valence-electron chi connectivity index (χ1n) is 8.70. The lowest BCUT2D eigenvalue weighted by molar-refractivity contribution is 0.0179. The Bertz CT molecular complexity index is 666. The van der Waals surface area contributed by atoms with E-state index in [-0.39, 0.29) is 12.1 Å². The van der Waals surface area contributed by atoms with Crippen molar-refractivity contribution in [3.8, 4) is 0 Å². The largest absolute Gasteiger partial charge is 0.457 e. The average Bonchev–Trinajstić information content (AvgIpc) is 3.00. The molecule has 1 aliphatic carbocycles. The monoisotopic (exact) mass is 315 g/mol. The van der Waals surface area contributed by atoms with Crippen LogP contribution in [0.25, 0.3) is 11.0 Å². The Morgan fingerprint density at radius 2 is 1.91 bits per heavy atom. The molecule has 0 spiro atoms. The van der Waals surface area contributed by atoms with Gasteiger partial charge in [0.05, 0.1) is 0 Å². The molecule has 2 aromatic rings. The Morgan fingerprint density at radius 3 is 2.61 bits per heavy atom. The number of carbonyl (C=O) groups is 1. The summed E-state index contributed by atoms with van der Waals surface area (Å²) in [6.07, 6.45) is 5.52. The van der Waals surface area contributed by atoms with Crippen molar-refractivity contribution in [1.29, 1.82) is 0 Å². The van der Waals surface area contributed by atoms with Crippen LogP contribution >= 0.6 is 0 Å². The topological polar surface area (TPSA) is 42.7 Å². The number of rotatable bonds is 5. The molecule has 0 atom stereocenters. The lowest BCUT2D eigenvalue weighted by Crippen LogP contribution is -2.21. The maximum Gasteiger partial charge on any atom is 0.374 e. The number of fused-ring (bicyclic) bond motifs is 1. The lowest BCUT2D eigenvalue weighted by Gasteiger charge is -2.21. The zero-order valence-electron chi connectivity index (χ0n) is 14.0. The lowest BCUT2D eigenvalue weighted by atomic mass is 9.98. The average molecular weight is 315 g/mol. The van der Waals surface area contributed by atoms with Crippen LogP contribution in [0, 0.1) is 0 Å². The summed E-state index contributed by atoms with van der Waals surface area (Å²) in [6.45, 7) is 6.14. The zero-order valence-corrected chi connectivity index (χ0v) is 14.0. The van der Waals surface area contributed by atoms with Gasteiger partial charge in [-0.25, -0.2) is 4.79 Å². The van der Waals surface area contributed by atoms with E-state index in [1.54, 1.807) is 6.07 Å². The minimum atomic E-state index is -0.336. The second-order valence-corrected chi connectivity index (χ2v) is 6.17. The van der Waals surface area contributed by atoms with E-state index in [2.05, 4.69) is 24.8 Å². The molecular formula is C19H25NO3. The number of carbonyl (C=O) groups excluding carboxylic acids is 1. The number of hydrogen-bond acceptors (Lipinski definition) is 4. The van der Waals surface area contributed by atoms with Gasteiger partial charge in [-0.1, -0.05) is 6.42 Å². The second-order valence-electron chi connectivity index (χ2n) is 6.17. The molecule has 4 heteroatoms. The highest BCUT2D eigenvalue weighted by Crippen LogP contribution is 2.27. The third-order valence-corrected chi connectivity index (χ3v) is 4.66. The first-order chi connectivity index (χ1) is 11.2. The summed E-state index contributed by atoms with van der Waals surface area (Å²) in [6, 6.07) is 7.86. The van der Waals surface area contributed by atoms with Crippen LogP contribution in [0.3, 0.4) is 0 Å². The summed E-state index contributed by atoms with van der Waals surface area (Å²) in [4.78, 5) is 14.5. The van der Waals surface area contributed by atoms with Crippen molar-refractivity contribution in [1.82, 2.24) is 0 Å². The summed E-state index contributed by atoms with van der Waals surface area (Å²) >= 11 is 0. The van der Waals surface area contributed by atoms with Gasteiger partial charge < -0.3 is 14.1 Å². The molecule has 124 valence electrons. The molecule has 0 aliphatic heterocycles. The molecule has 0 saturated heterocycles. The van der Waals surface area contributed by atoms with Crippen LogP contribution in [0.1, 0.15) is 56.5 Å². The Balaban J connectivity index is 1.77. The Hall–Kier alpha value is -1.97. The highest BCUT2D eigenvalue weighted by atomic mass is 16.6. The van der Waals surface area contributed by atoms with Crippen molar-refractivity contribution >= 4 is 22.6 Å². The molecule has 0 N–H and O–H groups in total. The summed E-state index contributed by atoms with van der Waals surface area (Å²) < 4.78 is 11.3. The molecule has 0 unspecified atom stereocenters. The number of esters is 1. The van der Waals surface area contributed by atoms with Crippen molar-refractivity contribution in [3.63, 3.8) is 0 Å². The Labute approximate surface area is 137 Å². The normalized spacial score (nSPS) is 15.7. The summed E-state index contributed by atoms with van der Waals surface area (Å²) in [7, 11) is 0. The van der Waals surface area contributed by atoms with Gasteiger partial charge in [-0.3, -0.25) is 0 Å². The quantitative estimate of drug-likeness (QED) is 0.745. The molecular weight excluding hydrogens is 290 g/mol. The molecule has 1 heterocycles. The van der Waals surface area contributed by atoms with Crippen molar-refractivity contribution in [3.05, 3.63) is 30.0 Å². The number of benzene rings is 1. The van der Waals surface area contributed by atoms with E-state index < -0.39 is 0 Å². The third kappa shape index (κ3) is 3.52. The van der Waals surface area contributed by atoms with E-state index in [0.717, 1.165) is 55.4 Å². The van der Waals surface area contributed by atoms with Gasteiger partial charge in [-0.15, -0.1) is 0 Å². The fraction of sp³-hybridized carbons (Fsp3) is 0.526. The third-order valence-electron chi connectivity index (χ3n) is 4.66. The number of hydrogen-bond donors (Lipinski definition) is 0. The molecule has 0 bridgehead atoms. The predicted octanol–water partition coefficient (Wildman–Crippen LogP) is 4.77. The Kier molecular flexibility index (Phi) is 4.89. The number of nitrogens with zero attached hydrogens (tertiary/aromatic N) is 1. The van der Waals surface area contributed by atoms with Gasteiger partial charge in [0, 0.05) is 30.2 Å². The van der Waals surface area contributed by atoms with E-state index >= 15 is 0 Å². The highest BCUT2D eigenvalue weighted by Gasteiger charge is 2.21. The molecule has 1 aromatic carbocycles. The maximum atomic E-state index is 12.3. The summed E-state index contributed by atoms with van der Waals surface area (Å²) in [5.41, 5.74) is 1.86. The van der Waals surface area contributed by atoms with Crippen LogP contribution in [0.2, 0.25) is 0 Å². The van der Waals surface area contributed by atoms with E-state index in [0.29, 0.717) is 5.76 Å². The molecule has 1 fully saturated rings. The van der Waals surface area contributed by atoms with Crippen LogP contribution in [-0.4, -0.2) is 25.2 Å². The number of furan rings is 1. The molecule has 3 rings (SSSR count). The SMILES string of the molecule is CCN(CC)c1ccc2cc(C(=O)OC3CCCCC3)oc2c1. The molecule has 1 aromatic heterocycles. The van der Waals surface area contributed by atoms with Gasteiger partial charge in [-0.05, 0) is 57.7 Å². The van der Waals surface area contributed by atoms with Gasteiger partial charge in [0.25, 0.3) is 0 Å². The molecule has 1 saturated carbocycles. The Morgan fingerprint density at radius 1 is 1.17 bits per heavy atom. The number of ether oxygens (including phenoxy) is 1. The van der Waals surface area contributed by atoms with E-state index in [4.69, 9.17) is 9.15 Å². The van der Waals surface area contributed by atoms with Crippen LogP contribution in [-0.2, 0) is 4.74 Å². The van der Waals surface area contributed by atoms with Gasteiger partial charge in [0.1, 0.15) is 11.7 Å². The van der Waals surface area contributed by atoms with E-state index in [1.165, 1.54) is 6.42 Å². The highest BCUT2D eigenvalue weighted by molar-refractivity contribution is 5.93. The van der Waals surface area contributed by atoms with E-state index in [9.17, 15) is 4.79 Å².